The van der Waals surface area contributed by atoms with E-state index in [9.17, 15) is 9.90 Å². The van der Waals surface area contributed by atoms with Gasteiger partial charge in [-0.2, -0.15) is 0 Å². The van der Waals surface area contributed by atoms with Crippen LogP contribution in [0.2, 0.25) is 5.15 Å². The third-order valence-electron chi connectivity index (χ3n) is 2.35. The summed E-state index contributed by atoms with van der Waals surface area (Å²) < 4.78 is 0. The van der Waals surface area contributed by atoms with E-state index in [0.717, 1.165) is 5.56 Å². The van der Waals surface area contributed by atoms with Crippen LogP contribution in [0.5, 0.6) is 0 Å². The number of halogens is 1. The number of carbonyl (C=O) groups excluding carboxylic acids is 1. The highest BCUT2D eigenvalue weighted by Crippen LogP contribution is 2.28. The van der Waals surface area contributed by atoms with Crippen molar-refractivity contribution in [2.24, 2.45) is 0 Å². The van der Waals surface area contributed by atoms with Gasteiger partial charge in [0.05, 0.1) is 24.8 Å². The van der Waals surface area contributed by atoms with Gasteiger partial charge in [-0.1, -0.05) is 11.6 Å². The van der Waals surface area contributed by atoms with E-state index in [0.29, 0.717) is 17.4 Å². The molecule has 1 amide bonds. The number of anilines is 1. The van der Waals surface area contributed by atoms with Crippen molar-refractivity contribution >= 4 is 23.2 Å². The molecule has 1 aromatic rings. The quantitative estimate of drug-likeness (QED) is 0.731. The molecule has 1 fully saturated rings. The summed E-state index contributed by atoms with van der Waals surface area (Å²) in [7, 11) is 0. The fraction of sp³-hybridized carbons (Fsp3) is 0.400. The lowest BCUT2D eigenvalue weighted by Crippen LogP contribution is -2.25. The first kappa shape index (κ1) is 10.4. The van der Waals surface area contributed by atoms with Gasteiger partial charge in [-0.15, -0.1) is 0 Å². The van der Waals surface area contributed by atoms with Gasteiger partial charge in [-0.25, -0.2) is 4.98 Å². The Labute approximate surface area is 92.5 Å². The maximum absolute atomic E-state index is 11.5. The molecular formula is C10H11ClN2O2. The molecule has 1 saturated heterocycles. The summed E-state index contributed by atoms with van der Waals surface area (Å²) in [5.74, 6) is -0.114. The van der Waals surface area contributed by atoms with Crippen molar-refractivity contribution < 1.29 is 9.90 Å². The van der Waals surface area contributed by atoms with Crippen LogP contribution in [-0.4, -0.2) is 28.6 Å². The zero-order valence-electron chi connectivity index (χ0n) is 8.27. The SMILES string of the molecule is Cc1cnc(Cl)c(N2CC(O)CC2=O)c1. The molecule has 0 aliphatic carbocycles. The monoisotopic (exact) mass is 226 g/mol. The van der Waals surface area contributed by atoms with Crippen LogP contribution in [0.1, 0.15) is 12.0 Å². The van der Waals surface area contributed by atoms with Gasteiger partial charge in [0.1, 0.15) is 0 Å². The number of aryl methyl sites for hydroxylation is 1. The zero-order chi connectivity index (χ0) is 11.0. The second-order valence-electron chi connectivity index (χ2n) is 3.68. The van der Waals surface area contributed by atoms with Crippen molar-refractivity contribution in [3.05, 3.63) is 23.0 Å². The summed E-state index contributed by atoms with van der Waals surface area (Å²) in [4.78, 5) is 17.0. The molecule has 80 valence electrons. The molecule has 4 nitrogen and oxygen atoms in total. The molecule has 1 N–H and O–H groups in total. The van der Waals surface area contributed by atoms with E-state index in [1.165, 1.54) is 4.90 Å². The summed E-state index contributed by atoms with van der Waals surface area (Å²) in [6.45, 7) is 2.17. The molecule has 1 aromatic heterocycles. The molecule has 15 heavy (non-hydrogen) atoms. The number of amides is 1. The van der Waals surface area contributed by atoms with Gasteiger partial charge in [0.25, 0.3) is 0 Å². The minimum atomic E-state index is -0.603. The largest absolute Gasteiger partial charge is 0.391 e. The van der Waals surface area contributed by atoms with E-state index >= 15 is 0 Å². The summed E-state index contributed by atoms with van der Waals surface area (Å²) in [6.07, 6.45) is 1.20. The fourth-order valence-electron chi connectivity index (χ4n) is 1.65. The molecule has 1 unspecified atom stereocenters. The molecule has 1 atom stereocenters. The Hall–Kier alpha value is -1.13. The second-order valence-corrected chi connectivity index (χ2v) is 4.04. The second kappa shape index (κ2) is 3.79. The Morgan fingerprint density at radius 3 is 3.00 bits per heavy atom. The Bertz CT molecular complexity index is 408. The van der Waals surface area contributed by atoms with Gasteiger partial charge in [0.15, 0.2) is 5.15 Å². The van der Waals surface area contributed by atoms with E-state index in [4.69, 9.17) is 11.6 Å². The van der Waals surface area contributed by atoms with Gasteiger partial charge >= 0.3 is 0 Å². The molecule has 2 heterocycles. The minimum absolute atomic E-state index is 0.114. The lowest BCUT2D eigenvalue weighted by molar-refractivity contribution is -0.117. The van der Waals surface area contributed by atoms with Crippen molar-refractivity contribution in [2.45, 2.75) is 19.4 Å². The van der Waals surface area contributed by atoms with E-state index in [2.05, 4.69) is 4.98 Å². The van der Waals surface area contributed by atoms with Crippen molar-refractivity contribution in [1.29, 1.82) is 0 Å². The Balaban J connectivity index is 2.37. The molecule has 0 saturated carbocycles. The molecule has 0 aromatic carbocycles. The Morgan fingerprint density at radius 1 is 1.67 bits per heavy atom. The molecule has 0 spiro atoms. The van der Waals surface area contributed by atoms with Crippen LogP contribution in [0, 0.1) is 6.92 Å². The number of pyridine rings is 1. The summed E-state index contributed by atoms with van der Waals surface area (Å²) in [5.41, 5.74) is 1.52. The number of aromatic nitrogens is 1. The zero-order valence-corrected chi connectivity index (χ0v) is 9.03. The molecule has 0 bridgehead atoms. The highest BCUT2D eigenvalue weighted by atomic mass is 35.5. The average molecular weight is 227 g/mol. The topological polar surface area (TPSA) is 53.4 Å². The van der Waals surface area contributed by atoms with Gasteiger partial charge < -0.3 is 10.0 Å². The molecule has 1 aliphatic heterocycles. The van der Waals surface area contributed by atoms with E-state index < -0.39 is 6.10 Å². The van der Waals surface area contributed by atoms with Crippen molar-refractivity contribution in [2.75, 3.05) is 11.4 Å². The van der Waals surface area contributed by atoms with E-state index in [-0.39, 0.29) is 12.3 Å². The van der Waals surface area contributed by atoms with Crippen molar-refractivity contribution in [1.82, 2.24) is 4.98 Å². The highest BCUT2D eigenvalue weighted by molar-refractivity contribution is 6.32. The highest BCUT2D eigenvalue weighted by Gasteiger charge is 2.30. The first-order chi connectivity index (χ1) is 7.08. The van der Waals surface area contributed by atoms with Gasteiger partial charge in [-0.3, -0.25) is 4.79 Å². The number of β-amino-alcohol motifs (C(OH)–C–C–N with tert-alkyl or cyclic N) is 1. The fourth-order valence-corrected chi connectivity index (χ4v) is 1.85. The van der Waals surface area contributed by atoms with Crippen LogP contribution in [0.3, 0.4) is 0 Å². The number of hydrogen-bond acceptors (Lipinski definition) is 3. The molecule has 0 radical (unpaired) electrons. The lowest BCUT2D eigenvalue weighted by atomic mass is 10.3. The summed E-state index contributed by atoms with van der Waals surface area (Å²) >= 11 is 5.90. The van der Waals surface area contributed by atoms with E-state index in [1.54, 1.807) is 12.3 Å². The summed E-state index contributed by atoms with van der Waals surface area (Å²) in [5, 5.41) is 9.66. The van der Waals surface area contributed by atoms with Crippen LogP contribution < -0.4 is 4.90 Å². The van der Waals surface area contributed by atoms with Gasteiger partial charge in [0, 0.05) is 6.20 Å². The number of aliphatic hydroxyl groups is 1. The number of hydrogen-bond donors (Lipinski definition) is 1. The summed E-state index contributed by atoms with van der Waals surface area (Å²) in [6, 6.07) is 1.80. The molecular weight excluding hydrogens is 216 g/mol. The van der Waals surface area contributed by atoms with Crippen molar-refractivity contribution in [3.8, 4) is 0 Å². The number of carbonyl (C=O) groups is 1. The van der Waals surface area contributed by atoms with Crippen LogP contribution >= 0.6 is 11.6 Å². The third kappa shape index (κ3) is 1.96. The first-order valence-corrected chi connectivity index (χ1v) is 5.06. The van der Waals surface area contributed by atoms with Crippen molar-refractivity contribution in [3.63, 3.8) is 0 Å². The minimum Gasteiger partial charge on any atom is -0.391 e. The Kier molecular flexibility index (Phi) is 2.63. The lowest BCUT2D eigenvalue weighted by Gasteiger charge is -2.17. The normalized spacial score (nSPS) is 21.1. The maximum Gasteiger partial charge on any atom is 0.229 e. The molecule has 2 rings (SSSR count). The van der Waals surface area contributed by atoms with Crippen LogP contribution in [0.15, 0.2) is 12.3 Å². The Morgan fingerprint density at radius 2 is 2.40 bits per heavy atom. The van der Waals surface area contributed by atoms with Crippen LogP contribution in [-0.2, 0) is 4.79 Å². The maximum atomic E-state index is 11.5. The van der Waals surface area contributed by atoms with Crippen LogP contribution in [0.4, 0.5) is 5.69 Å². The predicted octanol–water partition coefficient (Wildman–Crippen LogP) is 1.14. The smallest absolute Gasteiger partial charge is 0.229 e. The first-order valence-electron chi connectivity index (χ1n) is 4.68. The molecule has 1 aliphatic rings. The number of nitrogens with zero attached hydrogens (tertiary/aromatic N) is 2. The van der Waals surface area contributed by atoms with Crippen LogP contribution in [0.25, 0.3) is 0 Å². The molecule has 5 heteroatoms. The third-order valence-corrected chi connectivity index (χ3v) is 2.64. The van der Waals surface area contributed by atoms with Gasteiger partial charge in [0.2, 0.25) is 5.91 Å². The number of rotatable bonds is 1. The van der Waals surface area contributed by atoms with Gasteiger partial charge in [-0.05, 0) is 18.6 Å². The standard InChI is InChI=1S/C10H11ClN2O2/c1-6-2-8(10(11)12-4-6)13-5-7(14)3-9(13)15/h2,4,7,14H,3,5H2,1H3. The predicted molar refractivity (Wildman–Crippen MR) is 57.0 cm³/mol. The number of aliphatic hydroxyl groups excluding tert-OH is 1. The van der Waals surface area contributed by atoms with E-state index in [1.807, 2.05) is 6.92 Å². The average Bonchev–Trinajstić information content (AvgIpc) is 2.50.